The summed E-state index contributed by atoms with van der Waals surface area (Å²) in [4.78, 5) is 21.0. The molecule has 1 N–H and O–H groups in total. The average molecular weight is 483 g/mol. The van der Waals surface area contributed by atoms with E-state index in [9.17, 15) is 13.2 Å². The highest BCUT2D eigenvalue weighted by Crippen LogP contribution is 2.24. The first-order chi connectivity index (χ1) is 15.8. The number of rotatable bonds is 8. The second-order valence-electron chi connectivity index (χ2n) is 7.29. The van der Waals surface area contributed by atoms with Gasteiger partial charge in [0.2, 0.25) is 15.9 Å². The number of thioether (sulfide) groups is 1. The van der Waals surface area contributed by atoms with Crippen LogP contribution in [0.2, 0.25) is 0 Å². The molecule has 2 aromatic carbocycles. The lowest BCUT2D eigenvalue weighted by Gasteiger charge is -2.17. The Morgan fingerprint density at radius 2 is 1.82 bits per heavy atom. The van der Waals surface area contributed by atoms with Crippen molar-refractivity contribution in [1.29, 1.82) is 0 Å². The number of benzene rings is 2. The second kappa shape index (κ2) is 9.69. The van der Waals surface area contributed by atoms with Gasteiger partial charge in [-0.25, -0.2) is 18.4 Å². The number of sulfonamides is 1. The topological polar surface area (TPSA) is 110 Å². The third-order valence-electron chi connectivity index (χ3n) is 4.93. The molecule has 0 unspecified atom stereocenters. The molecule has 2 aromatic heterocycles. The molecule has 0 aliphatic rings. The van der Waals surface area contributed by atoms with Gasteiger partial charge in [-0.15, -0.1) is 0 Å². The number of amides is 1. The van der Waals surface area contributed by atoms with Crippen LogP contribution in [0, 0.1) is 0 Å². The van der Waals surface area contributed by atoms with Gasteiger partial charge >= 0.3 is 0 Å². The van der Waals surface area contributed by atoms with Crippen LogP contribution in [0.15, 0.2) is 77.0 Å². The molecule has 0 fully saturated rings. The Kier molecular flexibility index (Phi) is 6.72. The summed E-state index contributed by atoms with van der Waals surface area (Å²) in [6.45, 7) is 0.270. The number of nitrogens with zero attached hydrogens (tertiary/aromatic N) is 5. The minimum Gasteiger partial charge on any atom is -0.325 e. The van der Waals surface area contributed by atoms with Crippen molar-refractivity contribution in [2.24, 2.45) is 7.05 Å². The first kappa shape index (κ1) is 22.9. The van der Waals surface area contributed by atoms with Gasteiger partial charge in [0.1, 0.15) is 11.4 Å². The minimum absolute atomic E-state index is 0.140. The predicted octanol–water partition coefficient (Wildman–Crippen LogP) is 2.91. The van der Waals surface area contributed by atoms with Gasteiger partial charge in [0.05, 0.1) is 22.2 Å². The summed E-state index contributed by atoms with van der Waals surface area (Å²) in [7, 11) is -0.318. The van der Waals surface area contributed by atoms with Gasteiger partial charge in [-0.2, -0.15) is 9.40 Å². The molecule has 4 aromatic rings. The van der Waals surface area contributed by atoms with Crippen molar-refractivity contribution < 1.29 is 13.2 Å². The molecule has 0 aliphatic carbocycles. The summed E-state index contributed by atoms with van der Waals surface area (Å²) in [5, 5.41) is 8.40. The molecular formula is C22H22N6O3S2. The number of aryl methyl sites for hydroxylation is 1. The molecule has 0 radical (unpaired) electrons. The van der Waals surface area contributed by atoms with Crippen molar-refractivity contribution in [2.45, 2.75) is 16.5 Å². The Bertz CT molecular complexity index is 1370. The monoisotopic (exact) mass is 482 g/mol. The summed E-state index contributed by atoms with van der Waals surface area (Å²) < 4.78 is 28.7. The Morgan fingerprint density at radius 1 is 1.09 bits per heavy atom. The first-order valence-electron chi connectivity index (χ1n) is 10.0. The molecule has 0 bridgehead atoms. The van der Waals surface area contributed by atoms with E-state index in [1.807, 2.05) is 30.3 Å². The standard InChI is InChI=1S/C22H22N6O3S2/c1-27(13-16-6-4-3-5-7-16)33(30,31)18-10-8-17(9-11-18)26-20(29)14-32-22-19-12-25-28(2)21(19)23-15-24-22/h3-12,15H,13-14H2,1-2H3,(H,26,29). The van der Waals surface area contributed by atoms with Crippen molar-refractivity contribution in [1.82, 2.24) is 24.1 Å². The van der Waals surface area contributed by atoms with Gasteiger partial charge in [-0.1, -0.05) is 42.1 Å². The predicted molar refractivity (Wildman–Crippen MR) is 127 cm³/mol. The fourth-order valence-electron chi connectivity index (χ4n) is 3.20. The van der Waals surface area contributed by atoms with E-state index in [-0.39, 0.29) is 23.1 Å². The van der Waals surface area contributed by atoms with E-state index >= 15 is 0 Å². The van der Waals surface area contributed by atoms with E-state index in [4.69, 9.17) is 0 Å². The second-order valence-corrected chi connectivity index (χ2v) is 10.3. The lowest BCUT2D eigenvalue weighted by Crippen LogP contribution is -2.26. The van der Waals surface area contributed by atoms with Crippen molar-refractivity contribution >= 4 is 44.4 Å². The van der Waals surface area contributed by atoms with Gasteiger partial charge < -0.3 is 5.32 Å². The molecule has 0 saturated carbocycles. The third-order valence-corrected chi connectivity index (χ3v) is 7.75. The maximum absolute atomic E-state index is 12.9. The van der Waals surface area contributed by atoms with Crippen molar-refractivity contribution in [2.75, 3.05) is 18.1 Å². The van der Waals surface area contributed by atoms with Crippen LogP contribution in [0.25, 0.3) is 11.0 Å². The van der Waals surface area contributed by atoms with Crippen LogP contribution in [0.5, 0.6) is 0 Å². The lowest BCUT2D eigenvalue weighted by molar-refractivity contribution is -0.113. The van der Waals surface area contributed by atoms with E-state index in [1.54, 1.807) is 37.1 Å². The van der Waals surface area contributed by atoms with Crippen LogP contribution < -0.4 is 5.32 Å². The van der Waals surface area contributed by atoms with Crippen LogP contribution in [-0.2, 0) is 28.4 Å². The van der Waals surface area contributed by atoms with Gasteiger partial charge in [0, 0.05) is 26.3 Å². The van der Waals surface area contributed by atoms with Crippen LogP contribution in [0.1, 0.15) is 5.56 Å². The highest BCUT2D eigenvalue weighted by Gasteiger charge is 2.21. The zero-order valence-electron chi connectivity index (χ0n) is 18.0. The Labute approximate surface area is 195 Å². The van der Waals surface area contributed by atoms with Crippen molar-refractivity contribution in [3.8, 4) is 0 Å². The summed E-state index contributed by atoms with van der Waals surface area (Å²) in [6.07, 6.45) is 3.11. The van der Waals surface area contributed by atoms with Crippen molar-refractivity contribution in [3.05, 3.63) is 72.7 Å². The van der Waals surface area contributed by atoms with E-state index in [1.165, 1.54) is 34.5 Å². The molecule has 170 valence electrons. The number of hydrogen-bond acceptors (Lipinski definition) is 7. The Balaban J connectivity index is 1.37. The van der Waals surface area contributed by atoms with Crippen LogP contribution >= 0.6 is 11.8 Å². The van der Waals surface area contributed by atoms with Crippen LogP contribution in [0.4, 0.5) is 5.69 Å². The summed E-state index contributed by atoms with van der Waals surface area (Å²) >= 11 is 1.28. The van der Waals surface area contributed by atoms with Crippen LogP contribution in [-0.4, -0.2) is 51.2 Å². The molecule has 0 atom stereocenters. The zero-order valence-corrected chi connectivity index (χ0v) is 19.7. The molecule has 0 aliphatic heterocycles. The normalized spacial score (nSPS) is 11.7. The summed E-state index contributed by atoms with van der Waals surface area (Å²) in [5.41, 5.74) is 2.11. The molecule has 11 heteroatoms. The molecule has 0 spiro atoms. The number of anilines is 1. The number of carbonyl (C=O) groups excluding carboxylic acids is 1. The first-order valence-corrected chi connectivity index (χ1v) is 12.4. The smallest absolute Gasteiger partial charge is 0.243 e. The SMILES string of the molecule is CN(Cc1ccccc1)S(=O)(=O)c1ccc(NC(=O)CSc2ncnc3c2cnn3C)cc1. The minimum atomic E-state index is -3.65. The number of fused-ring (bicyclic) bond motifs is 1. The Hall–Kier alpha value is -3.28. The molecular weight excluding hydrogens is 460 g/mol. The fraction of sp³-hybridized carbons (Fsp3) is 0.182. The van der Waals surface area contributed by atoms with E-state index < -0.39 is 10.0 Å². The van der Waals surface area contributed by atoms with Crippen LogP contribution in [0.3, 0.4) is 0 Å². The van der Waals surface area contributed by atoms with Gasteiger partial charge in [0.15, 0.2) is 5.65 Å². The number of hydrogen-bond donors (Lipinski definition) is 1. The number of aromatic nitrogens is 4. The highest BCUT2D eigenvalue weighted by molar-refractivity contribution is 8.00. The van der Waals surface area contributed by atoms with Crippen molar-refractivity contribution in [3.63, 3.8) is 0 Å². The maximum Gasteiger partial charge on any atom is 0.243 e. The van der Waals surface area contributed by atoms with E-state index in [0.29, 0.717) is 16.4 Å². The third kappa shape index (κ3) is 5.21. The highest BCUT2D eigenvalue weighted by atomic mass is 32.2. The zero-order chi connectivity index (χ0) is 23.4. The lowest BCUT2D eigenvalue weighted by atomic mass is 10.2. The number of nitrogens with one attached hydrogen (secondary N) is 1. The molecule has 1 amide bonds. The van der Waals surface area contributed by atoms with Gasteiger partial charge in [0.25, 0.3) is 0 Å². The number of carbonyl (C=O) groups is 1. The molecule has 2 heterocycles. The molecule has 4 rings (SSSR count). The van der Waals surface area contributed by atoms with Gasteiger partial charge in [-0.05, 0) is 29.8 Å². The summed E-state index contributed by atoms with van der Waals surface area (Å²) in [6, 6.07) is 15.5. The quantitative estimate of drug-likeness (QED) is 0.304. The maximum atomic E-state index is 12.9. The van der Waals surface area contributed by atoms with Gasteiger partial charge in [-0.3, -0.25) is 9.48 Å². The summed E-state index contributed by atoms with van der Waals surface area (Å²) in [5.74, 6) is -0.0895. The van der Waals surface area contributed by atoms with E-state index in [0.717, 1.165) is 10.9 Å². The fourth-order valence-corrected chi connectivity index (χ4v) is 5.12. The average Bonchev–Trinajstić information content (AvgIpc) is 3.20. The molecule has 9 nitrogen and oxygen atoms in total. The molecule has 33 heavy (non-hydrogen) atoms. The Morgan fingerprint density at radius 3 is 2.55 bits per heavy atom. The molecule has 0 saturated heterocycles. The largest absolute Gasteiger partial charge is 0.325 e. The van der Waals surface area contributed by atoms with E-state index in [2.05, 4.69) is 20.4 Å².